The topological polar surface area (TPSA) is 21.3 Å². The molecule has 2 nitrogen and oxygen atoms in total. The minimum atomic E-state index is 0.283. The van der Waals surface area contributed by atoms with Gasteiger partial charge in [0.15, 0.2) is 0 Å². The van der Waals surface area contributed by atoms with Gasteiger partial charge < -0.3 is 10.1 Å². The average molecular weight is 385 g/mol. The van der Waals surface area contributed by atoms with Gasteiger partial charge in [-0.2, -0.15) is 0 Å². The molecule has 0 fully saturated rings. The predicted molar refractivity (Wildman–Crippen MR) is 93.9 cm³/mol. The van der Waals surface area contributed by atoms with Gasteiger partial charge in [0, 0.05) is 27.4 Å². The van der Waals surface area contributed by atoms with Gasteiger partial charge in [0.2, 0.25) is 0 Å². The van der Waals surface area contributed by atoms with Crippen LogP contribution in [-0.4, -0.2) is 12.9 Å². The molecule has 0 amide bonds. The zero-order chi connectivity index (χ0) is 14.8. The second kappa shape index (κ2) is 6.51. The van der Waals surface area contributed by atoms with Gasteiger partial charge in [0.1, 0.15) is 5.75 Å². The van der Waals surface area contributed by atoms with Crippen molar-refractivity contribution in [2.75, 3.05) is 18.2 Å². The molecular formula is C16H15BrClNOS. The van der Waals surface area contributed by atoms with Crippen molar-refractivity contribution < 1.29 is 4.74 Å². The lowest BCUT2D eigenvalue weighted by molar-refractivity contribution is 0.412. The van der Waals surface area contributed by atoms with Crippen molar-refractivity contribution in [3.8, 4) is 5.75 Å². The van der Waals surface area contributed by atoms with E-state index in [4.69, 9.17) is 16.3 Å². The van der Waals surface area contributed by atoms with Crippen LogP contribution in [0, 0.1) is 0 Å². The van der Waals surface area contributed by atoms with E-state index in [0.29, 0.717) is 0 Å². The lowest BCUT2D eigenvalue weighted by atomic mass is 10.0. The third-order valence-electron chi connectivity index (χ3n) is 3.50. The summed E-state index contributed by atoms with van der Waals surface area (Å²) in [6, 6.07) is 12.5. The summed E-state index contributed by atoms with van der Waals surface area (Å²) in [6.45, 7) is 0. The molecule has 2 aromatic carbocycles. The van der Waals surface area contributed by atoms with Gasteiger partial charge in [0.05, 0.1) is 17.6 Å². The van der Waals surface area contributed by atoms with Crippen molar-refractivity contribution in [1.82, 2.24) is 0 Å². The van der Waals surface area contributed by atoms with Crippen molar-refractivity contribution in [1.29, 1.82) is 0 Å². The summed E-state index contributed by atoms with van der Waals surface area (Å²) in [6.07, 6.45) is 1.08. The maximum atomic E-state index is 6.15. The molecule has 0 bridgehead atoms. The number of benzene rings is 2. The molecule has 1 N–H and O–H groups in total. The summed E-state index contributed by atoms with van der Waals surface area (Å²) in [5.41, 5.74) is 2.33. The molecule has 1 heterocycles. The number of anilines is 1. The maximum Gasteiger partial charge on any atom is 0.135 e. The Morgan fingerprint density at radius 2 is 2.14 bits per heavy atom. The number of thioether (sulfide) groups is 1. The average Bonchev–Trinajstić information content (AvgIpc) is 2.50. The van der Waals surface area contributed by atoms with Crippen LogP contribution in [0.5, 0.6) is 5.75 Å². The van der Waals surface area contributed by atoms with Gasteiger partial charge >= 0.3 is 0 Å². The van der Waals surface area contributed by atoms with Crippen LogP contribution in [0.15, 0.2) is 45.8 Å². The Morgan fingerprint density at radius 1 is 1.29 bits per heavy atom. The van der Waals surface area contributed by atoms with Crippen LogP contribution in [0.4, 0.5) is 5.69 Å². The molecule has 0 aromatic heterocycles. The number of nitrogens with one attached hydrogen (secondary N) is 1. The van der Waals surface area contributed by atoms with Crippen LogP contribution in [0.2, 0.25) is 5.02 Å². The summed E-state index contributed by atoms with van der Waals surface area (Å²) in [4.78, 5) is 1.31. The van der Waals surface area contributed by atoms with Gasteiger partial charge in [-0.1, -0.05) is 11.6 Å². The van der Waals surface area contributed by atoms with E-state index in [1.165, 1.54) is 10.5 Å². The fraction of sp³-hybridized carbons (Fsp3) is 0.250. The van der Waals surface area contributed by atoms with Crippen LogP contribution in [-0.2, 0) is 0 Å². The molecule has 1 atom stereocenters. The van der Waals surface area contributed by atoms with Gasteiger partial charge in [-0.05, 0) is 58.2 Å². The third-order valence-corrected chi connectivity index (χ3v) is 5.52. The molecule has 110 valence electrons. The monoisotopic (exact) mass is 383 g/mol. The molecule has 0 spiro atoms. The molecule has 0 saturated carbocycles. The number of rotatable bonds is 3. The lowest BCUT2D eigenvalue weighted by Gasteiger charge is -2.27. The zero-order valence-corrected chi connectivity index (χ0v) is 14.7. The minimum absolute atomic E-state index is 0.283. The molecule has 0 saturated heterocycles. The molecule has 21 heavy (non-hydrogen) atoms. The number of hydrogen-bond donors (Lipinski definition) is 1. The predicted octanol–water partition coefficient (Wildman–Crippen LogP) is 5.76. The third kappa shape index (κ3) is 3.33. The van der Waals surface area contributed by atoms with E-state index in [9.17, 15) is 0 Å². The van der Waals surface area contributed by atoms with Gasteiger partial charge in [-0.3, -0.25) is 0 Å². The van der Waals surface area contributed by atoms with E-state index in [1.54, 1.807) is 7.11 Å². The van der Waals surface area contributed by atoms with Crippen molar-refractivity contribution in [2.45, 2.75) is 17.4 Å². The van der Waals surface area contributed by atoms with Crippen molar-refractivity contribution in [2.24, 2.45) is 0 Å². The van der Waals surface area contributed by atoms with E-state index < -0.39 is 0 Å². The highest BCUT2D eigenvalue weighted by atomic mass is 79.9. The highest BCUT2D eigenvalue weighted by molar-refractivity contribution is 9.10. The SMILES string of the molecule is COc1cc(NC2CCSc3ccc(Cl)cc32)ccc1Br. The Hall–Kier alpha value is -0.840. The molecule has 0 radical (unpaired) electrons. The second-order valence-electron chi connectivity index (χ2n) is 4.87. The van der Waals surface area contributed by atoms with Gasteiger partial charge in [-0.25, -0.2) is 0 Å². The van der Waals surface area contributed by atoms with Gasteiger partial charge in [-0.15, -0.1) is 11.8 Å². The molecule has 2 aromatic rings. The van der Waals surface area contributed by atoms with Gasteiger partial charge in [0.25, 0.3) is 0 Å². The Bertz CT molecular complexity index is 665. The highest BCUT2D eigenvalue weighted by Crippen LogP contribution is 2.40. The fourth-order valence-electron chi connectivity index (χ4n) is 2.47. The minimum Gasteiger partial charge on any atom is -0.495 e. The zero-order valence-electron chi connectivity index (χ0n) is 11.5. The first-order valence-electron chi connectivity index (χ1n) is 6.69. The molecule has 3 rings (SSSR count). The first-order chi connectivity index (χ1) is 10.2. The van der Waals surface area contributed by atoms with Crippen LogP contribution in [0.3, 0.4) is 0 Å². The number of methoxy groups -OCH3 is 1. The quantitative estimate of drug-likeness (QED) is 0.727. The normalized spacial score (nSPS) is 17.2. The first kappa shape index (κ1) is 15.1. The Morgan fingerprint density at radius 3 is 2.95 bits per heavy atom. The molecule has 0 aliphatic carbocycles. The van der Waals surface area contributed by atoms with Crippen LogP contribution < -0.4 is 10.1 Å². The number of halogens is 2. The summed E-state index contributed by atoms with van der Waals surface area (Å²) < 4.78 is 6.31. The molecule has 1 aliphatic heterocycles. The molecule has 5 heteroatoms. The largest absolute Gasteiger partial charge is 0.495 e. The second-order valence-corrected chi connectivity index (χ2v) is 7.29. The van der Waals surface area contributed by atoms with E-state index in [2.05, 4.69) is 39.4 Å². The number of hydrogen-bond acceptors (Lipinski definition) is 3. The summed E-state index contributed by atoms with van der Waals surface area (Å²) in [5, 5.41) is 4.38. The Balaban J connectivity index is 1.88. The Kier molecular flexibility index (Phi) is 4.67. The maximum absolute atomic E-state index is 6.15. The van der Waals surface area contributed by atoms with Crippen LogP contribution in [0.25, 0.3) is 0 Å². The van der Waals surface area contributed by atoms with E-state index in [0.717, 1.165) is 33.1 Å². The molecule has 1 aliphatic rings. The molecular weight excluding hydrogens is 370 g/mol. The van der Waals surface area contributed by atoms with E-state index >= 15 is 0 Å². The fourth-order valence-corrected chi connectivity index (χ4v) is 4.16. The van der Waals surface area contributed by atoms with Crippen LogP contribution >= 0.6 is 39.3 Å². The van der Waals surface area contributed by atoms with E-state index in [1.807, 2.05) is 30.0 Å². The van der Waals surface area contributed by atoms with Crippen LogP contribution in [0.1, 0.15) is 18.0 Å². The van der Waals surface area contributed by atoms with Crippen molar-refractivity contribution in [3.63, 3.8) is 0 Å². The number of fused-ring (bicyclic) bond motifs is 1. The summed E-state index contributed by atoms with van der Waals surface area (Å²) >= 11 is 11.5. The van der Waals surface area contributed by atoms with Crippen molar-refractivity contribution in [3.05, 3.63) is 51.5 Å². The summed E-state index contributed by atoms with van der Waals surface area (Å²) in [7, 11) is 1.68. The lowest BCUT2D eigenvalue weighted by Crippen LogP contribution is -2.16. The standard InChI is InChI=1S/C16H15BrClNOS/c1-20-15-9-11(3-4-13(15)17)19-14-6-7-21-16-5-2-10(18)8-12(14)16/h2-5,8-9,14,19H,6-7H2,1H3. The number of ether oxygens (including phenoxy) is 1. The highest BCUT2D eigenvalue weighted by Gasteiger charge is 2.21. The smallest absolute Gasteiger partial charge is 0.135 e. The van der Waals surface area contributed by atoms with E-state index in [-0.39, 0.29) is 6.04 Å². The molecule has 1 unspecified atom stereocenters. The summed E-state index contributed by atoms with van der Waals surface area (Å²) in [5.74, 6) is 1.94. The first-order valence-corrected chi connectivity index (χ1v) is 8.85. The van der Waals surface area contributed by atoms with Crippen molar-refractivity contribution >= 4 is 45.0 Å². The Labute approximate surface area is 142 Å².